The van der Waals surface area contributed by atoms with Crippen molar-refractivity contribution in [3.63, 3.8) is 0 Å². The summed E-state index contributed by atoms with van der Waals surface area (Å²) in [6, 6.07) is 14.5. The highest BCUT2D eigenvalue weighted by molar-refractivity contribution is 7.99. The molecule has 1 aromatic heterocycles. The van der Waals surface area contributed by atoms with Crippen LogP contribution in [0.4, 0.5) is 10.1 Å². The largest absolute Gasteiger partial charge is 0.342 e. The number of hydrogen-bond acceptors (Lipinski definition) is 5. The lowest BCUT2D eigenvalue weighted by atomic mass is 10.2. The van der Waals surface area contributed by atoms with Crippen molar-refractivity contribution in [2.24, 2.45) is 7.05 Å². The van der Waals surface area contributed by atoms with E-state index in [1.165, 1.54) is 30.0 Å². The third kappa shape index (κ3) is 5.20. The molecule has 3 aromatic rings. The number of thioether (sulfide) groups is 1. The highest BCUT2D eigenvalue weighted by Gasteiger charge is 2.20. The molecule has 0 saturated carbocycles. The minimum absolute atomic E-state index is 0.0336. The zero-order valence-corrected chi connectivity index (χ0v) is 16.7. The first-order chi connectivity index (χ1) is 14.0. The van der Waals surface area contributed by atoms with Gasteiger partial charge in [0.15, 0.2) is 11.0 Å². The van der Waals surface area contributed by atoms with E-state index in [-0.39, 0.29) is 17.2 Å². The Morgan fingerprint density at radius 3 is 2.52 bits per heavy atom. The number of nitrogens with zero attached hydrogens (tertiary/aromatic N) is 3. The summed E-state index contributed by atoms with van der Waals surface area (Å²) in [5, 5.41) is 14.2. The smallest absolute Gasteiger partial charge is 0.254 e. The van der Waals surface area contributed by atoms with Crippen LogP contribution in [0.25, 0.3) is 0 Å². The minimum Gasteiger partial charge on any atom is -0.342 e. The number of amides is 2. The highest BCUT2D eigenvalue weighted by atomic mass is 32.2. The molecule has 1 atom stereocenters. The second-order valence-corrected chi connectivity index (χ2v) is 7.22. The van der Waals surface area contributed by atoms with E-state index >= 15 is 0 Å². The van der Waals surface area contributed by atoms with E-state index in [0.29, 0.717) is 11.0 Å². The predicted octanol–water partition coefficient (Wildman–Crippen LogP) is 3.18. The van der Waals surface area contributed by atoms with Gasteiger partial charge in [-0.25, -0.2) is 4.39 Å². The van der Waals surface area contributed by atoms with Crippen LogP contribution in [0.5, 0.6) is 0 Å². The summed E-state index contributed by atoms with van der Waals surface area (Å²) >= 11 is 1.23. The molecule has 0 radical (unpaired) electrons. The molecule has 7 nitrogen and oxygen atoms in total. The number of carbonyl (C=O) groups is 2. The molecule has 1 heterocycles. The molecule has 9 heteroatoms. The van der Waals surface area contributed by atoms with Gasteiger partial charge in [-0.1, -0.05) is 42.1 Å². The Labute approximate surface area is 171 Å². The number of para-hydroxylation sites is 1. The first kappa shape index (κ1) is 20.5. The summed E-state index contributed by atoms with van der Waals surface area (Å²) in [7, 11) is 1.75. The maximum absolute atomic E-state index is 13.8. The van der Waals surface area contributed by atoms with Gasteiger partial charge in [-0.05, 0) is 31.2 Å². The van der Waals surface area contributed by atoms with Crippen molar-refractivity contribution in [1.29, 1.82) is 0 Å². The molecule has 2 aromatic carbocycles. The molecule has 0 bridgehead atoms. The van der Waals surface area contributed by atoms with Gasteiger partial charge in [-0.2, -0.15) is 0 Å². The van der Waals surface area contributed by atoms with E-state index < -0.39 is 17.8 Å². The number of anilines is 1. The van der Waals surface area contributed by atoms with E-state index in [1.54, 1.807) is 24.6 Å². The molecule has 29 heavy (non-hydrogen) atoms. The van der Waals surface area contributed by atoms with Crippen LogP contribution in [0.3, 0.4) is 0 Å². The van der Waals surface area contributed by atoms with Gasteiger partial charge in [-0.3, -0.25) is 9.59 Å². The molecule has 0 saturated heterocycles. The van der Waals surface area contributed by atoms with Crippen LogP contribution < -0.4 is 10.6 Å². The van der Waals surface area contributed by atoms with Gasteiger partial charge in [0.1, 0.15) is 5.82 Å². The molecule has 2 N–H and O–H groups in total. The molecule has 0 aliphatic heterocycles. The van der Waals surface area contributed by atoms with Gasteiger partial charge >= 0.3 is 0 Å². The summed E-state index contributed by atoms with van der Waals surface area (Å²) in [4.78, 5) is 24.4. The molecule has 0 spiro atoms. The number of carbonyl (C=O) groups excluding carboxylic acids is 2. The summed E-state index contributed by atoms with van der Waals surface area (Å²) < 4.78 is 15.5. The minimum atomic E-state index is -0.587. The van der Waals surface area contributed by atoms with Gasteiger partial charge in [-0.15, -0.1) is 10.2 Å². The topological polar surface area (TPSA) is 88.9 Å². The highest BCUT2D eigenvalue weighted by Crippen LogP contribution is 2.20. The second-order valence-electron chi connectivity index (χ2n) is 6.28. The molecule has 1 unspecified atom stereocenters. The average Bonchev–Trinajstić information content (AvgIpc) is 3.08. The standard InChI is InChI=1S/C20H20FN5O2S/c1-13(22-19(28)15-10-6-7-11-16(15)21)18-24-25-20(26(18)2)29-12-17(27)23-14-8-4-3-5-9-14/h3-11,13H,12H2,1-2H3,(H,22,28)(H,23,27). The van der Waals surface area contributed by atoms with Gasteiger partial charge in [0.05, 0.1) is 17.4 Å². The molecule has 0 fully saturated rings. The molecule has 150 valence electrons. The van der Waals surface area contributed by atoms with Gasteiger partial charge in [0.2, 0.25) is 5.91 Å². The zero-order chi connectivity index (χ0) is 20.8. The van der Waals surface area contributed by atoms with E-state index in [0.717, 1.165) is 5.69 Å². The first-order valence-electron chi connectivity index (χ1n) is 8.88. The van der Waals surface area contributed by atoms with Crippen molar-refractivity contribution in [3.05, 3.63) is 71.8 Å². The molecule has 2 amide bonds. The SMILES string of the molecule is CC(NC(=O)c1ccccc1F)c1nnc(SCC(=O)Nc2ccccc2)n1C. The Hall–Kier alpha value is -3.20. The maximum Gasteiger partial charge on any atom is 0.254 e. The number of nitrogens with one attached hydrogen (secondary N) is 2. The maximum atomic E-state index is 13.8. The number of benzene rings is 2. The van der Waals surface area contributed by atoms with Crippen molar-refractivity contribution in [3.8, 4) is 0 Å². The quantitative estimate of drug-likeness (QED) is 0.581. The second kappa shape index (κ2) is 9.33. The van der Waals surface area contributed by atoms with E-state index in [9.17, 15) is 14.0 Å². The van der Waals surface area contributed by atoms with E-state index in [4.69, 9.17) is 0 Å². The van der Waals surface area contributed by atoms with Crippen LogP contribution in [0.15, 0.2) is 59.8 Å². The Morgan fingerprint density at radius 2 is 1.79 bits per heavy atom. The third-order valence-corrected chi connectivity index (χ3v) is 5.13. The summed E-state index contributed by atoms with van der Waals surface area (Å²) in [5.41, 5.74) is 0.690. The lowest BCUT2D eigenvalue weighted by molar-refractivity contribution is -0.113. The number of aromatic nitrogens is 3. The van der Waals surface area contributed by atoms with Crippen LogP contribution in [0, 0.1) is 5.82 Å². The molecule has 0 aliphatic rings. The fourth-order valence-electron chi connectivity index (χ4n) is 2.66. The number of hydrogen-bond donors (Lipinski definition) is 2. The van der Waals surface area contributed by atoms with Crippen LogP contribution >= 0.6 is 11.8 Å². The van der Waals surface area contributed by atoms with Crippen LogP contribution in [-0.4, -0.2) is 32.3 Å². The van der Waals surface area contributed by atoms with Crippen molar-refractivity contribution < 1.29 is 14.0 Å². The summed E-state index contributed by atoms with van der Waals surface area (Å²) in [6.07, 6.45) is 0. The molecular formula is C20H20FN5O2S. The van der Waals surface area contributed by atoms with Crippen LogP contribution in [-0.2, 0) is 11.8 Å². The monoisotopic (exact) mass is 413 g/mol. The Kier molecular flexibility index (Phi) is 6.61. The van der Waals surface area contributed by atoms with Gasteiger partial charge < -0.3 is 15.2 Å². The normalized spacial score (nSPS) is 11.7. The van der Waals surface area contributed by atoms with Crippen molar-refractivity contribution in [2.45, 2.75) is 18.1 Å². The Balaban J connectivity index is 1.59. The Bertz CT molecular complexity index is 1010. The number of rotatable bonds is 7. The van der Waals surface area contributed by atoms with Crippen LogP contribution in [0.2, 0.25) is 0 Å². The third-order valence-electron chi connectivity index (χ3n) is 4.11. The van der Waals surface area contributed by atoms with E-state index in [2.05, 4.69) is 20.8 Å². The zero-order valence-electron chi connectivity index (χ0n) is 15.9. The van der Waals surface area contributed by atoms with Gasteiger partial charge in [0.25, 0.3) is 5.91 Å². The number of halogens is 1. The first-order valence-corrected chi connectivity index (χ1v) is 9.86. The Morgan fingerprint density at radius 1 is 1.10 bits per heavy atom. The fraction of sp³-hybridized carbons (Fsp3) is 0.200. The lowest BCUT2D eigenvalue weighted by Crippen LogP contribution is -2.29. The predicted molar refractivity (Wildman–Crippen MR) is 109 cm³/mol. The lowest BCUT2D eigenvalue weighted by Gasteiger charge is -2.14. The summed E-state index contributed by atoms with van der Waals surface area (Å²) in [5.74, 6) is -0.616. The molecule has 0 aliphatic carbocycles. The molecular weight excluding hydrogens is 393 g/mol. The van der Waals surface area contributed by atoms with Crippen molar-refractivity contribution >= 4 is 29.3 Å². The fourth-order valence-corrected chi connectivity index (χ4v) is 3.38. The van der Waals surface area contributed by atoms with Crippen LogP contribution in [0.1, 0.15) is 29.1 Å². The molecule has 3 rings (SSSR count). The van der Waals surface area contributed by atoms with Crippen molar-refractivity contribution in [1.82, 2.24) is 20.1 Å². The average molecular weight is 413 g/mol. The van der Waals surface area contributed by atoms with Crippen molar-refractivity contribution in [2.75, 3.05) is 11.1 Å². The summed E-state index contributed by atoms with van der Waals surface area (Å²) in [6.45, 7) is 1.74. The van der Waals surface area contributed by atoms with Gasteiger partial charge in [0, 0.05) is 12.7 Å². The van der Waals surface area contributed by atoms with E-state index in [1.807, 2.05) is 30.3 Å².